The average molecular weight is 569 g/mol. The molecule has 0 aromatic heterocycles. The van der Waals surface area contributed by atoms with Crippen LogP contribution >= 0.6 is 0 Å². The summed E-state index contributed by atoms with van der Waals surface area (Å²) in [6.07, 6.45) is 3.85. The van der Waals surface area contributed by atoms with E-state index >= 15 is 0 Å². The summed E-state index contributed by atoms with van der Waals surface area (Å²) < 4.78 is 5.83. The predicted octanol–water partition coefficient (Wildman–Crippen LogP) is 6.76. The van der Waals surface area contributed by atoms with Gasteiger partial charge in [0.15, 0.2) is 11.6 Å². The highest BCUT2D eigenvalue weighted by atomic mass is 16.5. The minimum Gasteiger partial charge on any atom is -0.491 e. The number of anilines is 1. The highest BCUT2D eigenvalue weighted by molar-refractivity contribution is 6.16. The van der Waals surface area contributed by atoms with Gasteiger partial charge in [0.25, 0.3) is 0 Å². The van der Waals surface area contributed by atoms with Gasteiger partial charge in [0.2, 0.25) is 5.91 Å². The summed E-state index contributed by atoms with van der Waals surface area (Å²) in [4.78, 5) is 46.1. The molecule has 7 rings (SSSR count). The number of fused-ring (bicyclic) bond motifs is 6. The molecule has 1 fully saturated rings. The molecule has 4 atom stereocenters. The van der Waals surface area contributed by atoms with Crippen LogP contribution in [0.1, 0.15) is 62.9 Å². The van der Waals surface area contributed by atoms with Gasteiger partial charge in [-0.3, -0.25) is 14.4 Å². The van der Waals surface area contributed by atoms with Crippen molar-refractivity contribution < 1.29 is 19.1 Å². The molecule has 0 unspecified atom stereocenters. The molecule has 1 saturated heterocycles. The van der Waals surface area contributed by atoms with E-state index in [2.05, 4.69) is 5.32 Å². The normalized spacial score (nSPS) is 23.1. The van der Waals surface area contributed by atoms with Gasteiger partial charge in [-0.25, -0.2) is 0 Å². The Morgan fingerprint density at radius 3 is 2.23 bits per heavy atom. The second-order valence-corrected chi connectivity index (χ2v) is 11.9. The molecule has 6 nitrogen and oxygen atoms in total. The second-order valence-electron chi connectivity index (χ2n) is 11.9. The lowest BCUT2D eigenvalue weighted by Gasteiger charge is -2.38. The monoisotopic (exact) mass is 568 g/mol. The molecule has 43 heavy (non-hydrogen) atoms. The molecule has 3 aliphatic heterocycles. The summed E-state index contributed by atoms with van der Waals surface area (Å²) in [6.45, 7) is 5.86. The lowest BCUT2D eigenvalue weighted by molar-refractivity contribution is -0.122. The number of hydrogen-bond donors (Lipinski definition) is 1. The van der Waals surface area contributed by atoms with Crippen molar-refractivity contribution in [2.45, 2.75) is 44.4 Å². The molecule has 1 spiro atoms. The Kier molecular flexibility index (Phi) is 6.31. The van der Waals surface area contributed by atoms with Crippen molar-refractivity contribution in [2.24, 2.45) is 5.92 Å². The molecule has 1 amide bonds. The van der Waals surface area contributed by atoms with Gasteiger partial charge in [-0.15, -0.1) is 0 Å². The summed E-state index contributed by atoms with van der Waals surface area (Å²) in [5, 5.41) is 3.09. The Bertz CT molecular complexity index is 1790. The number of nitrogens with one attached hydrogen (secondary N) is 1. The van der Waals surface area contributed by atoms with E-state index in [0.29, 0.717) is 22.6 Å². The Morgan fingerprint density at radius 2 is 1.49 bits per heavy atom. The lowest BCUT2D eigenvalue weighted by Crippen LogP contribution is -2.49. The van der Waals surface area contributed by atoms with Crippen LogP contribution in [0.3, 0.4) is 0 Å². The Morgan fingerprint density at radius 1 is 0.837 bits per heavy atom. The molecule has 4 aromatic rings. The van der Waals surface area contributed by atoms with Crippen molar-refractivity contribution in [3.63, 3.8) is 0 Å². The molecule has 4 aromatic carbocycles. The van der Waals surface area contributed by atoms with E-state index in [1.165, 1.54) is 0 Å². The van der Waals surface area contributed by atoms with Gasteiger partial charge in [-0.1, -0.05) is 72.3 Å². The highest BCUT2D eigenvalue weighted by Gasteiger charge is 2.70. The molecular formula is C37H32N2O4. The maximum absolute atomic E-state index is 14.9. The minimum atomic E-state index is -1.35. The predicted molar refractivity (Wildman–Crippen MR) is 166 cm³/mol. The summed E-state index contributed by atoms with van der Waals surface area (Å²) in [7, 11) is 0. The third-order valence-electron chi connectivity index (χ3n) is 8.97. The molecule has 0 radical (unpaired) electrons. The number of Topliss-reactive ketones (excluding diaryl/α,β-unsaturated/α-hetero) is 2. The highest BCUT2D eigenvalue weighted by Crippen LogP contribution is 2.62. The zero-order chi connectivity index (χ0) is 29.9. The first-order chi connectivity index (χ1) is 20.8. The van der Waals surface area contributed by atoms with Gasteiger partial charge in [0.05, 0.1) is 18.1 Å². The van der Waals surface area contributed by atoms with E-state index in [9.17, 15) is 14.4 Å². The standard InChI is InChI=1S/C37H32N2O4/c1-22(2)43-27-18-16-25(17-19-27)33(40)31-32(34(41)26-14-12-23(3)13-15-26)39-21-20-24-8-4-5-9-28(24)35(39)37(31)29-10-6-7-11-30(29)38-36(37)42/h4-22,31-32,35H,1-3H3,(H,38,42)/t31-,32+,35-,37+/m1/s1. The largest absolute Gasteiger partial charge is 0.491 e. The van der Waals surface area contributed by atoms with Crippen LogP contribution < -0.4 is 10.1 Å². The zero-order valence-electron chi connectivity index (χ0n) is 24.3. The molecule has 6 heteroatoms. The number of rotatable bonds is 6. The van der Waals surface area contributed by atoms with Gasteiger partial charge in [0, 0.05) is 23.0 Å². The smallest absolute Gasteiger partial charge is 0.238 e. The number of carbonyl (C=O) groups excluding carboxylic acids is 3. The minimum absolute atomic E-state index is 0.0161. The molecule has 1 N–H and O–H groups in total. The van der Waals surface area contributed by atoms with Crippen LogP contribution in [0.2, 0.25) is 0 Å². The first-order valence-corrected chi connectivity index (χ1v) is 14.7. The summed E-state index contributed by atoms with van der Waals surface area (Å²) in [5.41, 5.74) is 3.88. The molecule has 0 saturated carbocycles. The van der Waals surface area contributed by atoms with Crippen LogP contribution in [0.4, 0.5) is 5.69 Å². The van der Waals surface area contributed by atoms with Crippen LogP contribution in [0.5, 0.6) is 5.75 Å². The molecule has 3 heterocycles. The number of amides is 1. The van der Waals surface area contributed by atoms with Crippen LogP contribution in [0.25, 0.3) is 6.08 Å². The first kappa shape index (κ1) is 26.9. The second kappa shape index (κ2) is 10.1. The average Bonchev–Trinajstić information content (AvgIpc) is 3.49. The van der Waals surface area contributed by atoms with E-state index < -0.39 is 23.4 Å². The van der Waals surface area contributed by atoms with Crippen LogP contribution in [0.15, 0.2) is 103 Å². The Hall–Kier alpha value is -4.97. The van der Waals surface area contributed by atoms with Gasteiger partial charge in [-0.05, 0) is 73.9 Å². The van der Waals surface area contributed by atoms with E-state index in [1.807, 2.05) is 111 Å². The fourth-order valence-electron chi connectivity index (χ4n) is 7.21. The quantitative estimate of drug-likeness (QED) is 0.260. The van der Waals surface area contributed by atoms with Gasteiger partial charge >= 0.3 is 0 Å². The zero-order valence-corrected chi connectivity index (χ0v) is 24.3. The summed E-state index contributed by atoms with van der Waals surface area (Å²) in [5.74, 6) is -1.08. The van der Waals surface area contributed by atoms with E-state index in [1.54, 1.807) is 24.3 Å². The number of para-hydroxylation sites is 1. The number of hydrogen-bond acceptors (Lipinski definition) is 5. The van der Waals surface area contributed by atoms with E-state index in [4.69, 9.17) is 4.74 Å². The summed E-state index contributed by atoms with van der Waals surface area (Å²) in [6, 6.07) is 28.4. The maximum Gasteiger partial charge on any atom is 0.238 e. The van der Waals surface area contributed by atoms with Crippen molar-refractivity contribution in [1.82, 2.24) is 4.90 Å². The van der Waals surface area contributed by atoms with Gasteiger partial charge in [0.1, 0.15) is 17.2 Å². The Balaban J connectivity index is 1.48. The molecule has 214 valence electrons. The SMILES string of the molecule is Cc1ccc(C(=O)[C@@H]2[C@H](C(=O)c3ccc(OC(C)C)cc3)[C@]3(C(=O)Nc4ccccc43)[C@H]3c4ccccc4C=CN23)cc1. The number of ketones is 2. The van der Waals surface area contributed by atoms with Crippen molar-refractivity contribution in [3.05, 3.63) is 137 Å². The summed E-state index contributed by atoms with van der Waals surface area (Å²) >= 11 is 0. The van der Waals surface area contributed by atoms with Crippen LogP contribution in [0, 0.1) is 12.8 Å². The maximum atomic E-state index is 14.9. The number of benzene rings is 4. The number of aryl methyl sites for hydroxylation is 1. The van der Waals surface area contributed by atoms with Crippen molar-refractivity contribution in [1.29, 1.82) is 0 Å². The Labute approximate surface area is 251 Å². The fourth-order valence-corrected chi connectivity index (χ4v) is 7.21. The van der Waals surface area contributed by atoms with Crippen molar-refractivity contribution in [2.75, 3.05) is 5.32 Å². The van der Waals surface area contributed by atoms with E-state index in [0.717, 1.165) is 22.3 Å². The van der Waals surface area contributed by atoms with Gasteiger partial charge in [-0.2, -0.15) is 0 Å². The fraction of sp³-hybridized carbons (Fsp3) is 0.216. The number of nitrogens with zero attached hydrogens (tertiary/aromatic N) is 1. The molecule has 0 aliphatic carbocycles. The van der Waals surface area contributed by atoms with Crippen LogP contribution in [-0.2, 0) is 10.2 Å². The lowest BCUT2D eigenvalue weighted by atomic mass is 9.62. The number of carbonyl (C=O) groups is 3. The topological polar surface area (TPSA) is 75.7 Å². The molecule has 0 bridgehead atoms. The van der Waals surface area contributed by atoms with Crippen molar-refractivity contribution in [3.8, 4) is 5.75 Å². The first-order valence-electron chi connectivity index (χ1n) is 14.7. The molecular weight excluding hydrogens is 536 g/mol. The molecule has 3 aliphatic rings. The third kappa shape index (κ3) is 4.04. The number of ether oxygens (including phenoxy) is 1. The van der Waals surface area contributed by atoms with Crippen LogP contribution in [-0.4, -0.2) is 34.5 Å². The van der Waals surface area contributed by atoms with Crippen molar-refractivity contribution >= 4 is 29.2 Å². The third-order valence-corrected chi connectivity index (χ3v) is 8.97. The van der Waals surface area contributed by atoms with Gasteiger partial charge < -0.3 is 15.0 Å². The van der Waals surface area contributed by atoms with E-state index in [-0.39, 0.29) is 23.6 Å².